The molecule has 2 heterocycles. The molecule has 0 N–H and O–H groups in total. The fourth-order valence-corrected chi connectivity index (χ4v) is 2.75. The summed E-state index contributed by atoms with van der Waals surface area (Å²) in [4.78, 5) is 25.8. The Balaban J connectivity index is 1.44. The lowest BCUT2D eigenvalue weighted by atomic mass is 10.1. The van der Waals surface area contributed by atoms with Gasteiger partial charge in [-0.2, -0.15) is 0 Å². The molecule has 26 heavy (non-hydrogen) atoms. The summed E-state index contributed by atoms with van der Waals surface area (Å²) in [5.41, 5.74) is 1.17. The molecule has 0 bridgehead atoms. The van der Waals surface area contributed by atoms with Crippen molar-refractivity contribution in [3.05, 3.63) is 83.0 Å². The van der Waals surface area contributed by atoms with Crippen LogP contribution in [0.4, 0.5) is 4.39 Å². The van der Waals surface area contributed by atoms with Crippen molar-refractivity contribution in [2.75, 3.05) is 0 Å². The minimum Gasteiger partial charge on any atom is -0.482 e. The largest absolute Gasteiger partial charge is 0.482 e. The van der Waals surface area contributed by atoms with Crippen LogP contribution in [0.25, 0.3) is 0 Å². The highest BCUT2D eigenvalue weighted by molar-refractivity contribution is 6.21. The van der Waals surface area contributed by atoms with Crippen molar-refractivity contribution >= 4 is 11.8 Å². The van der Waals surface area contributed by atoms with Gasteiger partial charge >= 0.3 is 0 Å². The molecule has 0 saturated heterocycles. The lowest BCUT2D eigenvalue weighted by Crippen LogP contribution is -2.29. The van der Waals surface area contributed by atoms with Crippen LogP contribution in [0.2, 0.25) is 0 Å². The molecule has 4 rings (SSSR count). The molecule has 0 saturated carbocycles. The van der Waals surface area contributed by atoms with E-state index in [2.05, 4.69) is 5.16 Å². The zero-order valence-corrected chi connectivity index (χ0v) is 13.5. The number of amides is 2. The number of benzene rings is 2. The quantitative estimate of drug-likeness (QED) is 0.660. The maximum absolute atomic E-state index is 13.5. The Bertz CT molecular complexity index is 963. The van der Waals surface area contributed by atoms with Gasteiger partial charge in [0.05, 0.1) is 17.7 Å². The summed E-state index contributed by atoms with van der Waals surface area (Å²) in [6.45, 7) is -0.0222. The van der Waals surface area contributed by atoms with Gasteiger partial charge in [-0.3, -0.25) is 14.5 Å². The minimum atomic E-state index is -0.474. The van der Waals surface area contributed by atoms with Gasteiger partial charge in [0.25, 0.3) is 11.8 Å². The Morgan fingerprint density at radius 2 is 1.65 bits per heavy atom. The second-order valence-electron chi connectivity index (χ2n) is 5.75. The number of carbonyl (C=O) groups excluding carboxylic acids is 2. The SMILES string of the molecule is O=C1c2ccccc2C(=O)N1Cc1cc(COc2ccccc2F)on1. The number of rotatable bonds is 5. The molecule has 7 heteroatoms. The molecule has 1 aliphatic rings. The standard InChI is InChI=1S/C19H13FN2O4/c20-16-7-3-4-8-17(16)25-11-13-9-12(21-26-13)10-22-18(23)14-5-1-2-6-15(14)19(22)24/h1-9H,10-11H2. The number of hydrogen-bond acceptors (Lipinski definition) is 5. The molecule has 0 radical (unpaired) electrons. The third-order valence-electron chi connectivity index (χ3n) is 4.01. The molecular formula is C19H13FN2O4. The first-order chi connectivity index (χ1) is 12.6. The molecular weight excluding hydrogens is 339 g/mol. The van der Waals surface area contributed by atoms with Crippen molar-refractivity contribution in [1.82, 2.24) is 10.1 Å². The van der Waals surface area contributed by atoms with E-state index in [1.54, 1.807) is 42.5 Å². The fourth-order valence-electron chi connectivity index (χ4n) is 2.75. The van der Waals surface area contributed by atoms with Gasteiger partial charge in [-0.05, 0) is 24.3 Å². The number of imide groups is 1. The van der Waals surface area contributed by atoms with E-state index < -0.39 is 5.82 Å². The molecule has 0 unspecified atom stereocenters. The van der Waals surface area contributed by atoms with Crippen molar-refractivity contribution in [3.63, 3.8) is 0 Å². The van der Waals surface area contributed by atoms with E-state index in [1.165, 1.54) is 12.1 Å². The van der Waals surface area contributed by atoms with Crippen molar-refractivity contribution in [3.8, 4) is 5.75 Å². The van der Waals surface area contributed by atoms with Crippen molar-refractivity contribution in [2.45, 2.75) is 13.2 Å². The zero-order valence-electron chi connectivity index (χ0n) is 13.5. The van der Waals surface area contributed by atoms with Crippen LogP contribution in [-0.2, 0) is 13.2 Å². The lowest BCUT2D eigenvalue weighted by Gasteiger charge is -2.10. The topological polar surface area (TPSA) is 72.6 Å². The van der Waals surface area contributed by atoms with Crippen LogP contribution < -0.4 is 4.74 Å². The molecule has 130 valence electrons. The Labute approximate surface area is 147 Å². The molecule has 1 aliphatic heterocycles. The molecule has 6 nitrogen and oxygen atoms in total. The number of fused-ring (bicyclic) bond motifs is 1. The van der Waals surface area contributed by atoms with Crippen molar-refractivity contribution in [2.24, 2.45) is 0 Å². The average Bonchev–Trinajstić information content (AvgIpc) is 3.20. The first-order valence-electron chi connectivity index (χ1n) is 7.90. The van der Waals surface area contributed by atoms with Gasteiger partial charge in [-0.25, -0.2) is 4.39 Å². The van der Waals surface area contributed by atoms with Crippen LogP contribution in [0.3, 0.4) is 0 Å². The third-order valence-corrected chi connectivity index (χ3v) is 4.01. The summed E-state index contributed by atoms with van der Waals surface area (Å²) in [6, 6.07) is 14.3. The van der Waals surface area contributed by atoms with Crippen LogP contribution in [0.5, 0.6) is 5.75 Å². The lowest BCUT2D eigenvalue weighted by molar-refractivity contribution is 0.0639. The number of hydrogen-bond donors (Lipinski definition) is 0. The molecule has 0 atom stereocenters. The van der Waals surface area contributed by atoms with E-state index in [-0.39, 0.29) is 30.7 Å². The Kier molecular flexibility index (Phi) is 3.96. The molecule has 3 aromatic rings. The fraction of sp³-hybridized carbons (Fsp3) is 0.105. The summed E-state index contributed by atoms with van der Waals surface area (Å²) >= 11 is 0. The smallest absolute Gasteiger partial charge is 0.261 e. The highest BCUT2D eigenvalue weighted by Gasteiger charge is 2.35. The molecule has 2 aromatic carbocycles. The third kappa shape index (κ3) is 2.83. The van der Waals surface area contributed by atoms with E-state index in [0.29, 0.717) is 22.6 Å². The highest BCUT2D eigenvalue weighted by Crippen LogP contribution is 2.24. The van der Waals surface area contributed by atoms with Gasteiger partial charge < -0.3 is 9.26 Å². The van der Waals surface area contributed by atoms with E-state index in [4.69, 9.17) is 9.26 Å². The van der Waals surface area contributed by atoms with Crippen LogP contribution in [0.15, 0.2) is 59.1 Å². The number of ether oxygens (including phenoxy) is 1. The van der Waals surface area contributed by atoms with E-state index >= 15 is 0 Å². The summed E-state index contributed by atoms with van der Waals surface area (Å²) in [6.07, 6.45) is 0. The van der Waals surface area contributed by atoms with Gasteiger partial charge in [0.1, 0.15) is 12.3 Å². The second kappa shape index (κ2) is 6.44. The summed E-state index contributed by atoms with van der Waals surface area (Å²) in [5, 5.41) is 3.85. The Morgan fingerprint density at radius 3 is 2.35 bits per heavy atom. The average molecular weight is 352 g/mol. The minimum absolute atomic E-state index is 0.00442. The maximum Gasteiger partial charge on any atom is 0.261 e. The van der Waals surface area contributed by atoms with Gasteiger partial charge in [0.15, 0.2) is 17.3 Å². The van der Waals surface area contributed by atoms with E-state index in [1.807, 2.05) is 0 Å². The van der Waals surface area contributed by atoms with Crippen molar-refractivity contribution in [1.29, 1.82) is 0 Å². The van der Waals surface area contributed by atoms with Gasteiger partial charge in [0.2, 0.25) is 0 Å². The predicted molar refractivity (Wildman–Crippen MR) is 87.9 cm³/mol. The molecule has 0 fully saturated rings. The van der Waals surface area contributed by atoms with Crippen LogP contribution in [0.1, 0.15) is 32.2 Å². The summed E-state index contributed by atoms with van der Waals surface area (Å²) in [5.74, 6) is -0.737. The Hall–Kier alpha value is -3.48. The van der Waals surface area contributed by atoms with Gasteiger partial charge in [-0.1, -0.05) is 29.4 Å². The normalized spacial score (nSPS) is 13.2. The Morgan fingerprint density at radius 1 is 1.00 bits per heavy atom. The van der Waals surface area contributed by atoms with Crippen molar-refractivity contribution < 1.29 is 23.2 Å². The number of halogens is 1. The first-order valence-corrected chi connectivity index (χ1v) is 7.90. The number of aromatic nitrogens is 1. The van der Waals surface area contributed by atoms with E-state index in [9.17, 15) is 14.0 Å². The molecule has 2 amide bonds. The van der Waals surface area contributed by atoms with Crippen LogP contribution in [-0.4, -0.2) is 21.9 Å². The summed E-state index contributed by atoms with van der Waals surface area (Å²) < 4.78 is 24.0. The molecule has 1 aromatic heterocycles. The van der Waals surface area contributed by atoms with Crippen LogP contribution in [0, 0.1) is 5.82 Å². The maximum atomic E-state index is 13.5. The van der Waals surface area contributed by atoms with Gasteiger partial charge in [0, 0.05) is 6.07 Å². The van der Waals surface area contributed by atoms with E-state index in [0.717, 1.165) is 4.90 Å². The zero-order chi connectivity index (χ0) is 18.1. The number of nitrogens with zero attached hydrogens (tertiary/aromatic N) is 2. The number of para-hydroxylation sites is 1. The molecule has 0 aliphatic carbocycles. The highest BCUT2D eigenvalue weighted by atomic mass is 19.1. The van der Waals surface area contributed by atoms with Crippen LogP contribution >= 0.6 is 0 Å². The number of carbonyl (C=O) groups is 2. The second-order valence-corrected chi connectivity index (χ2v) is 5.75. The predicted octanol–water partition coefficient (Wildman–Crippen LogP) is 3.19. The first kappa shape index (κ1) is 16.0. The molecule has 0 spiro atoms. The van der Waals surface area contributed by atoms with Gasteiger partial charge in [-0.15, -0.1) is 0 Å². The summed E-state index contributed by atoms with van der Waals surface area (Å²) in [7, 11) is 0. The monoisotopic (exact) mass is 352 g/mol.